The standard InChI is InChI=1S/C5H11NO4/c6-2-1-10-5(9)4(8)3(2)7/h2-5,7-9H,1,6H2/t2-,3?,4?,5+/m0/s1. The predicted octanol–water partition coefficient (Wildman–Crippen LogP) is -2.62. The van der Waals surface area contributed by atoms with Crippen molar-refractivity contribution in [1.29, 1.82) is 0 Å². The highest BCUT2D eigenvalue weighted by Crippen LogP contribution is 2.11. The first-order valence-electron chi connectivity index (χ1n) is 3.04. The third-order valence-corrected chi connectivity index (χ3v) is 1.54. The number of ether oxygens (including phenoxy) is 1. The van der Waals surface area contributed by atoms with Crippen molar-refractivity contribution in [3.05, 3.63) is 0 Å². The van der Waals surface area contributed by atoms with Crippen LogP contribution in [0.4, 0.5) is 0 Å². The van der Waals surface area contributed by atoms with E-state index in [1.54, 1.807) is 0 Å². The van der Waals surface area contributed by atoms with Crippen LogP contribution in [-0.4, -0.2) is 46.5 Å². The van der Waals surface area contributed by atoms with E-state index >= 15 is 0 Å². The molecule has 4 atom stereocenters. The number of nitrogens with two attached hydrogens (primary N) is 1. The Labute approximate surface area is 58.0 Å². The Bertz CT molecular complexity index is 106. The second kappa shape index (κ2) is 2.81. The van der Waals surface area contributed by atoms with E-state index in [0.717, 1.165) is 0 Å². The summed E-state index contributed by atoms with van der Waals surface area (Å²) in [7, 11) is 0. The van der Waals surface area contributed by atoms with Crippen molar-refractivity contribution < 1.29 is 20.1 Å². The zero-order chi connectivity index (χ0) is 7.72. The summed E-state index contributed by atoms with van der Waals surface area (Å²) < 4.78 is 4.59. The van der Waals surface area contributed by atoms with Gasteiger partial charge in [-0.2, -0.15) is 0 Å². The topological polar surface area (TPSA) is 95.9 Å². The quantitative estimate of drug-likeness (QED) is 0.302. The lowest BCUT2D eigenvalue weighted by Gasteiger charge is -2.32. The minimum atomic E-state index is -1.31. The number of aliphatic hydroxyl groups is 3. The summed E-state index contributed by atoms with van der Waals surface area (Å²) in [5.41, 5.74) is 5.28. The van der Waals surface area contributed by atoms with Crippen LogP contribution in [0, 0.1) is 0 Å². The van der Waals surface area contributed by atoms with Gasteiger partial charge in [-0.05, 0) is 0 Å². The maximum atomic E-state index is 9.00. The number of hydrogen-bond acceptors (Lipinski definition) is 5. The summed E-state index contributed by atoms with van der Waals surface area (Å²) >= 11 is 0. The molecule has 0 aromatic carbocycles. The molecule has 1 aliphatic rings. The molecule has 0 bridgehead atoms. The third kappa shape index (κ3) is 1.28. The molecule has 0 aromatic heterocycles. The van der Waals surface area contributed by atoms with Crippen LogP contribution < -0.4 is 5.73 Å². The van der Waals surface area contributed by atoms with Gasteiger partial charge < -0.3 is 25.8 Å². The monoisotopic (exact) mass is 149 g/mol. The SMILES string of the molecule is N[C@H]1CO[C@@H](O)C(O)C1O. The highest BCUT2D eigenvalue weighted by molar-refractivity contribution is 4.84. The fourth-order valence-electron chi connectivity index (χ4n) is 0.829. The van der Waals surface area contributed by atoms with Crippen LogP contribution in [0.3, 0.4) is 0 Å². The number of hydrogen-bond donors (Lipinski definition) is 4. The van der Waals surface area contributed by atoms with Crippen LogP contribution >= 0.6 is 0 Å². The molecule has 0 radical (unpaired) electrons. The van der Waals surface area contributed by atoms with E-state index in [1.165, 1.54) is 0 Å². The second-order valence-corrected chi connectivity index (χ2v) is 2.37. The molecule has 1 saturated heterocycles. The molecule has 5 N–H and O–H groups in total. The summed E-state index contributed by atoms with van der Waals surface area (Å²) in [6, 6.07) is -0.613. The summed E-state index contributed by atoms with van der Waals surface area (Å²) in [4.78, 5) is 0. The average Bonchev–Trinajstić information content (AvgIpc) is 1.93. The van der Waals surface area contributed by atoms with E-state index in [0.29, 0.717) is 0 Å². The molecular formula is C5H11NO4. The van der Waals surface area contributed by atoms with Crippen molar-refractivity contribution in [2.45, 2.75) is 24.5 Å². The highest BCUT2D eigenvalue weighted by atomic mass is 16.6. The van der Waals surface area contributed by atoms with E-state index in [4.69, 9.17) is 21.1 Å². The molecule has 0 aliphatic carbocycles. The van der Waals surface area contributed by atoms with Crippen molar-refractivity contribution in [2.24, 2.45) is 5.73 Å². The van der Waals surface area contributed by atoms with Crippen molar-refractivity contribution in [3.63, 3.8) is 0 Å². The first kappa shape index (κ1) is 7.90. The minimum Gasteiger partial charge on any atom is -0.388 e. The minimum absolute atomic E-state index is 0.0688. The smallest absolute Gasteiger partial charge is 0.183 e. The van der Waals surface area contributed by atoms with E-state index in [2.05, 4.69) is 4.74 Å². The van der Waals surface area contributed by atoms with Crippen LogP contribution in [0.15, 0.2) is 0 Å². The molecule has 1 aliphatic heterocycles. The Morgan fingerprint density at radius 3 is 2.30 bits per heavy atom. The summed E-state index contributed by atoms with van der Waals surface area (Å²) in [6.45, 7) is 0.0688. The molecular weight excluding hydrogens is 138 g/mol. The molecule has 1 fully saturated rings. The molecule has 1 rings (SSSR count). The molecule has 0 saturated carbocycles. The van der Waals surface area contributed by atoms with Crippen LogP contribution in [0.1, 0.15) is 0 Å². The molecule has 0 amide bonds. The lowest BCUT2D eigenvalue weighted by Crippen LogP contribution is -2.56. The Morgan fingerprint density at radius 2 is 1.80 bits per heavy atom. The molecule has 5 nitrogen and oxygen atoms in total. The predicted molar refractivity (Wildman–Crippen MR) is 31.9 cm³/mol. The van der Waals surface area contributed by atoms with Crippen LogP contribution in [0.2, 0.25) is 0 Å². The Hall–Kier alpha value is -0.200. The van der Waals surface area contributed by atoms with Gasteiger partial charge in [-0.15, -0.1) is 0 Å². The van der Waals surface area contributed by atoms with E-state index in [1.807, 2.05) is 0 Å². The van der Waals surface area contributed by atoms with E-state index in [9.17, 15) is 0 Å². The summed E-state index contributed by atoms with van der Waals surface area (Å²) in [6.07, 6.45) is -3.69. The van der Waals surface area contributed by atoms with Gasteiger partial charge in [0.1, 0.15) is 12.2 Å². The van der Waals surface area contributed by atoms with Crippen molar-refractivity contribution in [1.82, 2.24) is 0 Å². The van der Waals surface area contributed by atoms with Gasteiger partial charge in [0.05, 0.1) is 12.6 Å². The third-order valence-electron chi connectivity index (χ3n) is 1.54. The maximum Gasteiger partial charge on any atom is 0.183 e. The van der Waals surface area contributed by atoms with Gasteiger partial charge in [0.25, 0.3) is 0 Å². The maximum absolute atomic E-state index is 9.00. The van der Waals surface area contributed by atoms with Gasteiger partial charge >= 0.3 is 0 Å². The van der Waals surface area contributed by atoms with E-state index in [-0.39, 0.29) is 6.61 Å². The van der Waals surface area contributed by atoms with Gasteiger partial charge in [0, 0.05) is 0 Å². The first-order chi connectivity index (χ1) is 4.63. The molecule has 60 valence electrons. The molecule has 2 unspecified atom stereocenters. The zero-order valence-electron chi connectivity index (χ0n) is 5.34. The van der Waals surface area contributed by atoms with Gasteiger partial charge in [-0.1, -0.05) is 0 Å². The van der Waals surface area contributed by atoms with Crippen molar-refractivity contribution >= 4 is 0 Å². The molecule has 1 heterocycles. The second-order valence-electron chi connectivity index (χ2n) is 2.37. The van der Waals surface area contributed by atoms with Gasteiger partial charge in [-0.25, -0.2) is 0 Å². The Kier molecular flexibility index (Phi) is 2.22. The van der Waals surface area contributed by atoms with Gasteiger partial charge in [0.15, 0.2) is 6.29 Å². The lowest BCUT2D eigenvalue weighted by molar-refractivity contribution is -0.225. The fourth-order valence-corrected chi connectivity index (χ4v) is 0.829. The number of rotatable bonds is 0. The van der Waals surface area contributed by atoms with Crippen LogP contribution in [0.25, 0.3) is 0 Å². The summed E-state index contributed by atoms with van der Waals surface area (Å²) in [5, 5.41) is 26.7. The molecule has 10 heavy (non-hydrogen) atoms. The fraction of sp³-hybridized carbons (Fsp3) is 1.00. The van der Waals surface area contributed by atoms with Crippen molar-refractivity contribution in [3.8, 4) is 0 Å². The zero-order valence-corrected chi connectivity index (χ0v) is 5.34. The number of aliphatic hydroxyl groups excluding tert-OH is 3. The Morgan fingerprint density at radius 1 is 1.20 bits per heavy atom. The van der Waals surface area contributed by atoms with Gasteiger partial charge in [-0.3, -0.25) is 0 Å². The molecule has 5 heteroatoms. The lowest BCUT2D eigenvalue weighted by atomic mass is 10.0. The molecule has 0 spiro atoms. The largest absolute Gasteiger partial charge is 0.388 e. The highest BCUT2D eigenvalue weighted by Gasteiger charge is 2.35. The van der Waals surface area contributed by atoms with E-state index < -0.39 is 24.5 Å². The van der Waals surface area contributed by atoms with Gasteiger partial charge in [0.2, 0.25) is 0 Å². The average molecular weight is 149 g/mol. The van der Waals surface area contributed by atoms with Crippen LogP contribution in [0.5, 0.6) is 0 Å². The molecule has 0 aromatic rings. The van der Waals surface area contributed by atoms with Crippen molar-refractivity contribution in [2.75, 3.05) is 6.61 Å². The normalized spacial score (nSPS) is 49.2. The first-order valence-corrected chi connectivity index (χ1v) is 3.04. The Balaban J connectivity index is 2.52. The summed E-state index contributed by atoms with van der Waals surface area (Å²) in [5.74, 6) is 0. The van der Waals surface area contributed by atoms with Crippen LogP contribution in [-0.2, 0) is 4.74 Å².